The van der Waals surface area contributed by atoms with E-state index in [9.17, 15) is 33.4 Å². The monoisotopic (exact) mass is 1490 g/mol. The minimum absolute atomic E-state index is 0.00849. The van der Waals surface area contributed by atoms with Crippen molar-refractivity contribution in [3.05, 3.63) is 175 Å². The van der Waals surface area contributed by atoms with Crippen molar-refractivity contribution in [3.8, 4) is 34.0 Å². The maximum Gasteiger partial charge on any atom is 0.363 e. The Bertz CT molecular complexity index is 4040. The number of aromatic nitrogens is 8. The number of benzene rings is 2. The number of nitro groups is 2. The number of pyridine rings is 4. The lowest BCUT2D eigenvalue weighted by Crippen LogP contribution is -2.44. The molecule has 0 radical (unpaired) electrons. The second-order valence-electron chi connectivity index (χ2n) is 24.5. The molecule has 8 aromatic rings. The molecule has 0 bridgehead atoms. The Morgan fingerprint density at radius 1 is 0.480 bits per heavy atom. The van der Waals surface area contributed by atoms with Gasteiger partial charge in [-0.15, -0.1) is 0 Å². The Labute approximate surface area is 599 Å². The number of ether oxygens (including phenoxy) is 6. The van der Waals surface area contributed by atoms with Crippen molar-refractivity contribution in [3.63, 3.8) is 0 Å². The number of hydrogen-bond acceptors (Lipinski definition) is 24. The topological polar surface area (TPSA) is 287 Å². The van der Waals surface area contributed by atoms with Gasteiger partial charge < -0.3 is 78.9 Å². The summed E-state index contributed by atoms with van der Waals surface area (Å²) in [6.07, 6.45) is 19.6. The molecule has 6 aliphatic heterocycles. The zero-order chi connectivity index (χ0) is 71.3. The summed E-state index contributed by atoms with van der Waals surface area (Å²) < 4.78 is 91.1. The number of morpholine rings is 3. The fourth-order valence-electron chi connectivity index (χ4n) is 12.0. The Morgan fingerprint density at radius 2 is 0.931 bits per heavy atom. The fourth-order valence-corrected chi connectivity index (χ4v) is 12.4. The van der Waals surface area contributed by atoms with Crippen molar-refractivity contribution in [2.75, 3.05) is 149 Å². The quantitative estimate of drug-likeness (QED) is 0.0545. The van der Waals surface area contributed by atoms with Crippen LogP contribution >= 0.6 is 27.5 Å². The average Bonchev–Trinajstić information content (AvgIpc) is 0.774. The number of rotatable bonds is 11. The average molecular weight is 1490 g/mol. The van der Waals surface area contributed by atoms with E-state index in [0.717, 1.165) is 131 Å². The number of anilines is 6. The van der Waals surface area contributed by atoms with Crippen LogP contribution < -0.4 is 39.7 Å². The van der Waals surface area contributed by atoms with Crippen molar-refractivity contribution in [1.29, 1.82) is 0 Å². The highest BCUT2D eigenvalue weighted by Crippen LogP contribution is 2.44. The van der Waals surface area contributed by atoms with Crippen molar-refractivity contribution in [2.45, 2.75) is 76.3 Å². The van der Waals surface area contributed by atoms with Gasteiger partial charge in [-0.3, -0.25) is 4.98 Å². The zero-order valence-corrected chi connectivity index (χ0v) is 58.3. The summed E-state index contributed by atoms with van der Waals surface area (Å²) in [5.74, 6) is -1.03. The minimum Gasteiger partial charge on any atom is -0.486 e. The number of hydrogen-bond donors (Lipinski definition) is 1. The van der Waals surface area contributed by atoms with Crippen LogP contribution in [-0.4, -0.2) is 180 Å². The Hall–Kier alpha value is -9.27. The van der Waals surface area contributed by atoms with Gasteiger partial charge in [0.05, 0.1) is 117 Å². The lowest BCUT2D eigenvalue weighted by Gasteiger charge is -2.42. The summed E-state index contributed by atoms with van der Waals surface area (Å²) in [7, 11) is 0. The first-order valence-electron chi connectivity index (χ1n) is 33.9. The van der Waals surface area contributed by atoms with Gasteiger partial charge in [-0.25, -0.2) is 42.5 Å². The molecule has 6 aromatic heterocycles. The molecule has 2 N–H and O–H groups in total. The van der Waals surface area contributed by atoms with E-state index in [1.54, 1.807) is 30.5 Å². The van der Waals surface area contributed by atoms with E-state index >= 15 is 4.39 Å². The normalized spacial score (nSPS) is 17.1. The Kier molecular flexibility index (Phi) is 26.5. The highest BCUT2D eigenvalue weighted by atomic mass is 79.9. The van der Waals surface area contributed by atoms with Gasteiger partial charge >= 0.3 is 11.6 Å². The van der Waals surface area contributed by atoms with Crippen LogP contribution in [0.15, 0.2) is 114 Å². The van der Waals surface area contributed by atoms with Gasteiger partial charge in [-0.1, -0.05) is 0 Å². The van der Waals surface area contributed by atoms with E-state index in [4.69, 9.17) is 45.8 Å². The molecular formula is C70H78BrClF4N16O10. The molecule has 16 rings (SSSR count). The van der Waals surface area contributed by atoms with E-state index < -0.39 is 33.1 Å². The summed E-state index contributed by atoms with van der Waals surface area (Å²) >= 11 is 8.85. The van der Waals surface area contributed by atoms with E-state index in [-0.39, 0.29) is 39.8 Å². The molecule has 540 valence electrons. The Balaban J connectivity index is 0.000000134. The van der Waals surface area contributed by atoms with E-state index in [1.807, 2.05) is 30.5 Å². The first-order valence-corrected chi connectivity index (χ1v) is 35.0. The number of halogens is 6. The lowest BCUT2D eigenvalue weighted by molar-refractivity contribution is -0.389. The molecule has 32 heteroatoms. The molecule has 12 heterocycles. The molecule has 8 aliphatic rings. The van der Waals surface area contributed by atoms with E-state index in [2.05, 4.69) is 80.3 Å². The number of nitrogens with zero attached hydrogens (tertiary/aromatic N) is 15. The van der Waals surface area contributed by atoms with Crippen LogP contribution in [0.5, 0.6) is 11.5 Å². The van der Waals surface area contributed by atoms with E-state index in [0.29, 0.717) is 105 Å². The smallest absolute Gasteiger partial charge is 0.363 e. The number of nitrogen functional groups attached to an aromatic ring is 1. The zero-order valence-electron chi connectivity index (χ0n) is 56.0. The third-order valence-electron chi connectivity index (χ3n) is 17.9. The first kappa shape index (κ1) is 73.9. The summed E-state index contributed by atoms with van der Waals surface area (Å²) in [5, 5.41) is 20.4. The van der Waals surface area contributed by atoms with Gasteiger partial charge in [0.25, 0.3) is 0 Å². The van der Waals surface area contributed by atoms with Crippen LogP contribution in [0.1, 0.15) is 69.3 Å². The van der Waals surface area contributed by atoms with Gasteiger partial charge in [-0.05, 0) is 166 Å². The van der Waals surface area contributed by atoms with Crippen LogP contribution in [-0.2, 0) is 25.4 Å². The third-order valence-corrected chi connectivity index (χ3v) is 18.5. The number of fused-ring (bicyclic) bond motifs is 2. The molecule has 0 atom stereocenters. The fraction of sp³-hybridized carbons (Fsp3) is 0.429. The summed E-state index contributed by atoms with van der Waals surface area (Å²) in [5.41, 5.74) is 11.5. The summed E-state index contributed by atoms with van der Waals surface area (Å²) in [4.78, 5) is 62.3. The predicted octanol–water partition coefficient (Wildman–Crippen LogP) is 12.1. The van der Waals surface area contributed by atoms with Gasteiger partial charge in [-0.2, -0.15) is 0 Å². The molecule has 2 saturated carbocycles. The second kappa shape index (κ2) is 36.6. The van der Waals surface area contributed by atoms with Crippen LogP contribution in [0, 0.1) is 43.5 Å². The standard InChI is InChI=1S/C26H27F2N5O2.C16H14ClF2N3O.C9H11N3O3.C9H13N3O.C5H3BrN2O2.C5H10O/c27-21-12-17(13-23-26(21)35-11-8-33(23)19-2-1-3-19)25-22(28)16-30-24(31-25)14-18-4-5-20(15-29-18)32-6-9-34-10-7-32;17-16-20-8-12(19)14(21-16)9-6-11(18)15-13(7-9)22(4-5-23-15)10-2-1-3-10;13-12(14)9-2-1-8(7-10-9)11-3-5-15-6-4-11;10-9-2-1-8(7-11-9)12-3-5-13-6-4-12;6-4-1-2-5(7-3-4)8(9)10;1-2-4-6-5-3-1/h4-5,12-13,15-16,19H,1-3,6-11,14H2;6-8,10H,1-5H2;1-2,7H,3-6H2;1-2,7H,3-6H2,(H2,10,11);1-3H;1-5H2. The summed E-state index contributed by atoms with van der Waals surface area (Å²) in [6, 6.07) is 20.6. The predicted molar refractivity (Wildman–Crippen MR) is 380 cm³/mol. The molecule has 2 aromatic carbocycles. The molecule has 2 aliphatic carbocycles. The highest BCUT2D eigenvalue weighted by Gasteiger charge is 2.34. The number of nitrogens with two attached hydrogens (primary N) is 1. The van der Waals surface area contributed by atoms with Gasteiger partial charge in [0.15, 0.2) is 47.2 Å². The van der Waals surface area contributed by atoms with Crippen molar-refractivity contribution < 1.29 is 55.8 Å². The molecule has 0 spiro atoms. The van der Waals surface area contributed by atoms with Crippen LogP contribution in [0.2, 0.25) is 5.28 Å². The van der Waals surface area contributed by atoms with Crippen LogP contribution in [0.25, 0.3) is 22.5 Å². The van der Waals surface area contributed by atoms with Crippen LogP contribution in [0.3, 0.4) is 0 Å². The lowest BCUT2D eigenvalue weighted by atomic mass is 9.90. The van der Waals surface area contributed by atoms with Crippen molar-refractivity contribution in [2.24, 2.45) is 0 Å². The molecule has 0 amide bonds. The van der Waals surface area contributed by atoms with Crippen molar-refractivity contribution >= 4 is 73.4 Å². The SMILES string of the molecule is C1CCOCC1.Fc1cnc(Cc2ccc(N3CCOCC3)cn2)nc1-c1cc(F)c2c(c1)N(C1CCC1)CCO2.Fc1cnc(Cl)nc1-c1cc(F)c2c(c1)N(C1CCC1)CCO2.Nc1ccc(N2CCOCC2)cn1.O=[N+]([O-])c1ccc(Br)cn1.O=[N+]([O-])c1ccc(N2CCOCC2)cn1. The molecule has 26 nitrogen and oxygen atoms in total. The van der Waals surface area contributed by atoms with Gasteiger partial charge in [0.1, 0.15) is 36.2 Å². The first-order chi connectivity index (χ1) is 49.6. The molecule has 6 fully saturated rings. The molecule has 0 unspecified atom stereocenters. The second-order valence-corrected chi connectivity index (χ2v) is 25.8. The van der Waals surface area contributed by atoms with Gasteiger partial charge in [0, 0.05) is 93.5 Å². The summed E-state index contributed by atoms with van der Waals surface area (Å²) in [6.45, 7) is 13.9. The molecule has 4 saturated heterocycles. The van der Waals surface area contributed by atoms with Gasteiger partial charge in [0.2, 0.25) is 5.28 Å². The van der Waals surface area contributed by atoms with Crippen molar-refractivity contribution in [1.82, 2.24) is 39.9 Å². The van der Waals surface area contributed by atoms with Crippen LogP contribution in [0.4, 0.5) is 63.5 Å². The highest BCUT2D eigenvalue weighted by molar-refractivity contribution is 9.10. The van der Waals surface area contributed by atoms with E-state index in [1.165, 1.54) is 68.8 Å². The Morgan fingerprint density at radius 3 is 1.33 bits per heavy atom. The molecular weight excluding hydrogens is 1420 g/mol. The maximum atomic E-state index is 15.0. The third kappa shape index (κ3) is 20.1. The minimum atomic E-state index is -0.638. The largest absolute Gasteiger partial charge is 0.486 e. The maximum absolute atomic E-state index is 15.0. The molecule has 102 heavy (non-hydrogen) atoms.